The number of hydrogen-bond donors (Lipinski definition) is 0. The molecule has 0 saturated heterocycles. The molecule has 0 radical (unpaired) electrons. The second-order valence-corrected chi connectivity index (χ2v) is 14.8. The lowest BCUT2D eigenvalue weighted by Gasteiger charge is -2.16. The quantitative estimate of drug-likeness (QED) is 0.179. The molecule has 0 amide bonds. The van der Waals surface area contributed by atoms with Gasteiger partial charge < -0.3 is 13.9 Å². The van der Waals surface area contributed by atoms with Gasteiger partial charge in [0.05, 0.1) is 27.5 Å². The van der Waals surface area contributed by atoms with Gasteiger partial charge in [-0.3, -0.25) is 0 Å². The van der Waals surface area contributed by atoms with Crippen molar-refractivity contribution in [1.82, 2.24) is 9.13 Å². The smallest absolute Gasteiger partial charge is 0.134 e. The summed E-state index contributed by atoms with van der Waals surface area (Å²) in [6, 6.07) is 62.0. The molecule has 3 nitrogen and oxygen atoms in total. The van der Waals surface area contributed by atoms with E-state index in [1.54, 1.807) is 0 Å². The van der Waals surface area contributed by atoms with Crippen LogP contribution >= 0.6 is 0 Å². The van der Waals surface area contributed by atoms with E-state index in [-0.39, 0.29) is 12.0 Å². The minimum Gasteiger partial charge on any atom is -0.484 e. The minimum atomic E-state index is -0.0335. The number of benzene rings is 8. The van der Waals surface area contributed by atoms with Crippen LogP contribution in [0.15, 0.2) is 194 Å². The number of rotatable bonds is 4. The van der Waals surface area contributed by atoms with E-state index >= 15 is 0 Å². The van der Waals surface area contributed by atoms with Gasteiger partial charge in [0.25, 0.3) is 0 Å². The normalized spacial score (nSPS) is 16.0. The third-order valence-corrected chi connectivity index (χ3v) is 11.8. The van der Waals surface area contributed by atoms with Crippen molar-refractivity contribution < 1.29 is 4.74 Å². The molecule has 0 saturated carbocycles. The summed E-state index contributed by atoms with van der Waals surface area (Å²) in [6.07, 6.45) is 8.76. The highest BCUT2D eigenvalue weighted by Gasteiger charge is 2.36. The predicted octanol–water partition coefficient (Wildman–Crippen LogP) is 13.3. The Morgan fingerprint density at radius 3 is 1.96 bits per heavy atom. The van der Waals surface area contributed by atoms with E-state index in [0.29, 0.717) is 0 Å². The molecular formula is C52H34N2O. The van der Waals surface area contributed by atoms with Crippen LogP contribution in [0, 0.1) is 0 Å². The first-order valence-electron chi connectivity index (χ1n) is 19.1. The Kier molecular flexibility index (Phi) is 6.46. The van der Waals surface area contributed by atoms with E-state index in [2.05, 4.69) is 203 Å². The average molecular weight is 703 g/mol. The first-order valence-corrected chi connectivity index (χ1v) is 19.1. The lowest BCUT2D eigenvalue weighted by atomic mass is 9.88. The topological polar surface area (TPSA) is 19.1 Å². The number of nitrogens with zero attached hydrogens (tertiary/aromatic N) is 2. The van der Waals surface area contributed by atoms with Crippen LogP contribution in [0.1, 0.15) is 11.5 Å². The summed E-state index contributed by atoms with van der Waals surface area (Å²) in [7, 11) is 0. The van der Waals surface area contributed by atoms with Gasteiger partial charge in [-0.05, 0) is 76.7 Å². The Bertz CT molecular complexity index is 3220. The average Bonchev–Trinajstić information content (AvgIpc) is 3.92. The Balaban J connectivity index is 1.21. The van der Waals surface area contributed by atoms with Gasteiger partial charge in [0.1, 0.15) is 11.9 Å². The molecule has 55 heavy (non-hydrogen) atoms. The summed E-state index contributed by atoms with van der Waals surface area (Å²) < 4.78 is 11.9. The van der Waals surface area contributed by atoms with E-state index in [1.807, 2.05) is 0 Å². The van der Waals surface area contributed by atoms with Crippen LogP contribution in [-0.2, 0) is 0 Å². The Hall–Kier alpha value is -7.10. The number of para-hydroxylation sites is 2. The van der Waals surface area contributed by atoms with Gasteiger partial charge in [0.2, 0.25) is 0 Å². The Morgan fingerprint density at radius 2 is 1.11 bits per heavy atom. The molecule has 2 atom stereocenters. The van der Waals surface area contributed by atoms with Crippen LogP contribution in [0.3, 0.4) is 0 Å². The van der Waals surface area contributed by atoms with E-state index in [0.717, 1.165) is 22.6 Å². The van der Waals surface area contributed by atoms with Gasteiger partial charge in [-0.2, -0.15) is 0 Å². The second kappa shape index (κ2) is 11.7. The largest absolute Gasteiger partial charge is 0.484 e. The molecule has 0 N–H and O–H groups in total. The standard InChI is InChI=1S/C52H34N2O/c1-3-13-33(14-4-1)34-23-27-38(28-24-34)54-50-39-18-8-7-15-35(39)25-29-42(50)49-51(54)43(32-45-41-20-10-12-22-48(41)55-52(45)49)36-26-30-47-44(31-36)40-19-9-11-21-46(40)53(47)37-16-5-2-6-17-37/h1-32,41,48H. The number of aromatic nitrogens is 2. The van der Waals surface area contributed by atoms with Crippen molar-refractivity contribution in [3.63, 3.8) is 0 Å². The van der Waals surface area contributed by atoms with Crippen molar-refractivity contribution in [2.75, 3.05) is 0 Å². The van der Waals surface area contributed by atoms with E-state index in [9.17, 15) is 0 Å². The van der Waals surface area contributed by atoms with E-state index in [4.69, 9.17) is 4.74 Å². The van der Waals surface area contributed by atoms with Crippen LogP contribution < -0.4 is 4.74 Å². The molecule has 0 fully saturated rings. The zero-order valence-corrected chi connectivity index (χ0v) is 29.9. The van der Waals surface area contributed by atoms with Gasteiger partial charge >= 0.3 is 0 Å². The molecule has 2 unspecified atom stereocenters. The van der Waals surface area contributed by atoms with Gasteiger partial charge in [-0.25, -0.2) is 0 Å². The van der Waals surface area contributed by atoms with Crippen molar-refractivity contribution in [2.45, 2.75) is 12.0 Å². The fourth-order valence-corrected chi connectivity index (χ4v) is 9.37. The first-order chi connectivity index (χ1) is 27.3. The maximum absolute atomic E-state index is 6.99. The fraction of sp³-hybridized carbons (Fsp3) is 0.0385. The zero-order valence-electron chi connectivity index (χ0n) is 29.9. The number of fused-ring (bicyclic) bond motifs is 12. The molecule has 10 aromatic rings. The van der Waals surface area contributed by atoms with Crippen molar-refractivity contribution in [1.29, 1.82) is 0 Å². The number of allylic oxidation sites excluding steroid dienone is 2. The molecule has 1 aliphatic carbocycles. The van der Waals surface area contributed by atoms with Crippen LogP contribution in [0.4, 0.5) is 0 Å². The highest BCUT2D eigenvalue weighted by molar-refractivity contribution is 6.24. The van der Waals surface area contributed by atoms with Gasteiger partial charge in [-0.1, -0.05) is 140 Å². The molecule has 1 aliphatic heterocycles. The SMILES string of the molecule is C1=CC2Oc3c(cc(-c4ccc5c(c4)c4ccccc4n5-c4ccccc4)c4c3c3ccc5ccccc5c3n4-c3ccc(-c4ccccc4)cc3)C2C=C1. The summed E-state index contributed by atoms with van der Waals surface area (Å²) in [6.45, 7) is 0. The summed E-state index contributed by atoms with van der Waals surface area (Å²) in [5.74, 6) is 1.14. The molecule has 2 aliphatic rings. The minimum absolute atomic E-state index is 0.0335. The van der Waals surface area contributed by atoms with Crippen LogP contribution in [0.5, 0.6) is 5.75 Å². The molecule has 2 aromatic heterocycles. The molecular weight excluding hydrogens is 669 g/mol. The van der Waals surface area contributed by atoms with Crippen molar-refractivity contribution in [2.24, 2.45) is 0 Å². The molecule has 3 heteroatoms. The highest BCUT2D eigenvalue weighted by atomic mass is 16.5. The monoisotopic (exact) mass is 702 g/mol. The zero-order chi connectivity index (χ0) is 36.0. The Morgan fingerprint density at radius 1 is 0.436 bits per heavy atom. The van der Waals surface area contributed by atoms with Crippen molar-refractivity contribution in [3.8, 4) is 39.4 Å². The summed E-state index contributed by atoms with van der Waals surface area (Å²) in [4.78, 5) is 0. The molecule has 8 aromatic carbocycles. The molecule has 0 bridgehead atoms. The van der Waals surface area contributed by atoms with E-state index < -0.39 is 0 Å². The lowest BCUT2D eigenvalue weighted by Crippen LogP contribution is -2.15. The van der Waals surface area contributed by atoms with Crippen LogP contribution in [0.25, 0.3) is 88.0 Å². The highest BCUT2D eigenvalue weighted by Crippen LogP contribution is 2.53. The van der Waals surface area contributed by atoms with Crippen molar-refractivity contribution >= 4 is 54.4 Å². The Labute approximate surface area is 318 Å². The van der Waals surface area contributed by atoms with Gasteiger partial charge in [-0.15, -0.1) is 0 Å². The third-order valence-electron chi connectivity index (χ3n) is 11.8. The molecule has 258 valence electrons. The van der Waals surface area contributed by atoms with E-state index in [1.165, 1.54) is 76.7 Å². The molecule has 0 spiro atoms. The summed E-state index contributed by atoms with van der Waals surface area (Å²) >= 11 is 0. The first kappa shape index (κ1) is 30.4. The number of ether oxygens (including phenoxy) is 1. The lowest BCUT2D eigenvalue weighted by molar-refractivity contribution is 0.271. The molecule has 3 heterocycles. The van der Waals surface area contributed by atoms with Crippen molar-refractivity contribution in [3.05, 3.63) is 200 Å². The number of hydrogen-bond acceptors (Lipinski definition) is 1. The molecule has 12 rings (SSSR count). The maximum Gasteiger partial charge on any atom is 0.134 e. The predicted molar refractivity (Wildman–Crippen MR) is 229 cm³/mol. The summed E-state index contributed by atoms with van der Waals surface area (Å²) in [5, 5.41) is 7.29. The third kappa shape index (κ3) is 4.44. The maximum atomic E-state index is 6.99. The fourth-order valence-electron chi connectivity index (χ4n) is 9.37. The van der Waals surface area contributed by atoms with Crippen LogP contribution in [-0.4, -0.2) is 15.2 Å². The second-order valence-electron chi connectivity index (χ2n) is 14.8. The van der Waals surface area contributed by atoms with Crippen LogP contribution in [0.2, 0.25) is 0 Å². The van der Waals surface area contributed by atoms with Gasteiger partial charge in [0.15, 0.2) is 0 Å². The summed E-state index contributed by atoms with van der Waals surface area (Å²) in [5.41, 5.74) is 13.1. The van der Waals surface area contributed by atoms with Gasteiger partial charge in [0, 0.05) is 50.0 Å².